The molecule has 0 radical (unpaired) electrons. The summed E-state index contributed by atoms with van der Waals surface area (Å²) < 4.78 is 28.9. The highest BCUT2D eigenvalue weighted by Crippen LogP contribution is 2.21. The monoisotopic (exact) mass is 448 g/mol. The minimum Gasteiger partial charge on any atom is -0.489 e. The zero-order chi connectivity index (χ0) is 23.9. The lowest BCUT2D eigenvalue weighted by Gasteiger charge is -2.20. The van der Waals surface area contributed by atoms with E-state index in [1.54, 1.807) is 45.0 Å². The molecule has 1 aromatic heterocycles. The second-order valence-electron chi connectivity index (χ2n) is 9.06. The number of nitrogens with one attached hydrogen (secondary N) is 2. The molecule has 9 nitrogen and oxygen atoms in total. The zero-order valence-corrected chi connectivity index (χ0v) is 19.1. The predicted molar refractivity (Wildman–Crippen MR) is 116 cm³/mol. The van der Waals surface area contributed by atoms with Gasteiger partial charge in [0.2, 0.25) is 0 Å². The largest absolute Gasteiger partial charge is 0.489 e. The van der Waals surface area contributed by atoms with Gasteiger partial charge >= 0.3 is 6.09 Å². The van der Waals surface area contributed by atoms with Crippen molar-refractivity contribution in [1.82, 2.24) is 20.8 Å². The summed E-state index contributed by atoms with van der Waals surface area (Å²) in [7, 11) is 0. The van der Waals surface area contributed by atoms with Gasteiger partial charge in [-0.1, -0.05) is 5.16 Å². The van der Waals surface area contributed by atoms with Crippen molar-refractivity contribution < 1.29 is 28.0 Å². The lowest BCUT2D eigenvalue weighted by molar-refractivity contribution is 0.0531. The molecule has 0 unspecified atom stereocenters. The van der Waals surface area contributed by atoms with Gasteiger partial charge in [0.05, 0.1) is 6.33 Å². The van der Waals surface area contributed by atoms with Crippen LogP contribution in [0.4, 0.5) is 9.18 Å². The number of rotatable bonds is 7. The molecule has 2 aromatic rings. The summed E-state index contributed by atoms with van der Waals surface area (Å²) in [4.78, 5) is 27.9. The molecule has 0 bridgehead atoms. The molecular formula is C22H29FN4O5. The van der Waals surface area contributed by atoms with Crippen molar-refractivity contribution in [1.29, 1.82) is 0 Å². The van der Waals surface area contributed by atoms with E-state index in [-0.39, 0.29) is 30.4 Å². The van der Waals surface area contributed by atoms with E-state index in [9.17, 15) is 14.0 Å². The second-order valence-corrected chi connectivity index (χ2v) is 9.06. The van der Waals surface area contributed by atoms with Gasteiger partial charge in [0.1, 0.15) is 18.0 Å². The first-order valence-corrected chi connectivity index (χ1v) is 10.0. The molecule has 0 saturated heterocycles. The van der Waals surface area contributed by atoms with Gasteiger partial charge in [0, 0.05) is 23.2 Å². The summed E-state index contributed by atoms with van der Waals surface area (Å²) in [5.41, 5.74) is -0.247. The summed E-state index contributed by atoms with van der Waals surface area (Å²) in [6.45, 7) is 10.6. The first-order valence-electron chi connectivity index (χ1n) is 10.0. The number of hydrogen-bond acceptors (Lipinski definition) is 7. The number of carbonyl (C=O) groups excluding carboxylic acids is 2. The molecule has 1 heterocycles. The summed E-state index contributed by atoms with van der Waals surface area (Å²) >= 11 is 0. The van der Waals surface area contributed by atoms with Gasteiger partial charge < -0.3 is 24.6 Å². The van der Waals surface area contributed by atoms with E-state index in [0.29, 0.717) is 17.6 Å². The first-order chi connectivity index (χ1) is 14.9. The van der Waals surface area contributed by atoms with Crippen LogP contribution in [0.5, 0.6) is 5.75 Å². The standard InChI is InChI=1S/C22H29FN4O5/c1-21(2,3)26-18(28)17-25-19(32-27-17)15-7-9-16(10-8-15)30-13-14(11-23)12-24-20(29)31-22(4,5)6/h7-11H,12-13H2,1-6H3,(H,24,29)(H,26,28)/b14-11+. The fourth-order valence-corrected chi connectivity index (χ4v) is 2.32. The molecule has 10 heteroatoms. The average molecular weight is 448 g/mol. The van der Waals surface area contributed by atoms with E-state index in [0.717, 1.165) is 0 Å². The summed E-state index contributed by atoms with van der Waals surface area (Å²) in [5, 5.41) is 8.93. The number of amides is 2. The molecule has 0 fully saturated rings. The molecule has 174 valence electrons. The van der Waals surface area contributed by atoms with Crippen LogP contribution in [0.1, 0.15) is 52.2 Å². The average Bonchev–Trinajstić information content (AvgIpc) is 3.16. The molecule has 0 spiro atoms. The Hall–Kier alpha value is -3.43. The number of aromatic nitrogens is 2. The molecule has 2 N–H and O–H groups in total. The Bertz CT molecular complexity index is 956. The van der Waals surface area contributed by atoms with E-state index < -0.39 is 23.1 Å². The number of hydrogen-bond donors (Lipinski definition) is 2. The third-order valence-corrected chi connectivity index (χ3v) is 3.66. The number of nitrogens with zero attached hydrogens (tertiary/aromatic N) is 2. The van der Waals surface area contributed by atoms with Gasteiger partial charge in [-0.25, -0.2) is 9.18 Å². The van der Waals surface area contributed by atoms with Crippen LogP contribution in [0.15, 0.2) is 40.7 Å². The Morgan fingerprint density at radius 2 is 1.78 bits per heavy atom. The van der Waals surface area contributed by atoms with E-state index in [1.807, 2.05) is 20.8 Å². The fourth-order valence-electron chi connectivity index (χ4n) is 2.32. The van der Waals surface area contributed by atoms with Gasteiger partial charge in [0.25, 0.3) is 17.6 Å². The van der Waals surface area contributed by atoms with Crippen molar-refractivity contribution in [2.24, 2.45) is 0 Å². The smallest absolute Gasteiger partial charge is 0.407 e. The highest BCUT2D eigenvalue weighted by atomic mass is 19.1. The topological polar surface area (TPSA) is 116 Å². The van der Waals surface area contributed by atoms with E-state index in [4.69, 9.17) is 14.0 Å². The molecule has 0 aliphatic heterocycles. The molecular weight excluding hydrogens is 419 g/mol. The summed E-state index contributed by atoms with van der Waals surface area (Å²) in [6, 6.07) is 6.63. The molecule has 2 rings (SSSR count). The maximum atomic E-state index is 13.1. The molecule has 0 atom stereocenters. The van der Waals surface area contributed by atoms with Crippen molar-refractivity contribution >= 4 is 12.0 Å². The second kappa shape index (κ2) is 10.3. The number of halogens is 1. The molecule has 0 aliphatic carbocycles. The minimum absolute atomic E-state index is 0.0507. The van der Waals surface area contributed by atoms with Crippen LogP contribution in [0, 0.1) is 0 Å². The minimum atomic E-state index is -0.642. The normalized spacial score (nSPS) is 12.3. The Labute approximate surface area is 186 Å². The van der Waals surface area contributed by atoms with E-state index >= 15 is 0 Å². The van der Waals surface area contributed by atoms with Gasteiger partial charge in [-0.05, 0) is 65.8 Å². The SMILES string of the molecule is CC(C)(C)NC(=O)c1noc(-c2ccc(OC/C(=C/F)CNC(=O)OC(C)(C)C)cc2)n1. The quantitative estimate of drug-likeness (QED) is 0.657. The third kappa shape index (κ3) is 8.37. The Kier molecular flexibility index (Phi) is 7.96. The van der Waals surface area contributed by atoms with Crippen LogP contribution >= 0.6 is 0 Å². The van der Waals surface area contributed by atoms with Crippen molar-refractivity contribution in [3.05, 3.63) is 42.0 Å². The summed E-state index contributed by atoms with van der Waals surface area (Å²) in [6.07, 6.45) is -0.259. The van der Waals surface area contributed by atoms with Crippen LogP contribution in [-0.2, 0) is 4.74 Å². The van der Waals surface area contributed by atoms with E-state index in [2.05, 4.69) is 20.8 Å². The van der Waals surface area contributed by atoms with Crippen molar-refractivity contribution in [3.8, 4) is 17.2 Å². The van der Waals surface area contributed by atoms with Crippen LogP contribution in [0.2, 0.25) is 0 Å². The molecule has 32 heavy (non-hydrogen) atoms. The lowest BCUT2D eigenvalue weighted by Crippen LogP contribution is -2.41. The van der Waals surface area contributed by atoms with Crippen molar-refractivity contribution in [2.45, 2.75) is 52.7 Å². The number of ether oxygens (including phenoxy) is 2. The highest BCUT2D eigenvalue weighted by Gasteiger charge is 2.21. The molecule has 0 aliphatic rings. The number of carbonyl (C=O) groups is 2. The fraction of sp³-hybridized carbons (Fsp3) is 0.455. The van der Waals surface area contributed by atoms with Crippen LogP contribution in [0.25, 0.3) is 11.5 Å². The van der Waals surface area contributed by atoms with Gasteiger partial charge in [-0.15, -0.1) is 0 Å². The highest BCUT2D eigenvalue weighted by molar-refractivity contribution is 5.91. The number of alkyl carbamates (subject to hydrolysis) is 1. The summed E-state index contributed by atoms with van der Waals surface area (Å²) in [5.74, 6) is 0.153. The predicted octanol–water partition coefficient (Wildman–Crippen LogP) is 4.02. The maximum Gasteiger partial charge on any atom is 0.407 e. The molecule has 2 amide bonds. The van der Waals surface area contributed by atoms with Crippen LogP contribution < -0.4 is 15.4 Å². The first kappa shape index (κ1) is 24.8. The molecule has 0 saturated carbocycles. The van der Waals surface area contributed by atoms with Crippen LogP contribution in [0.3, 0.4) is 0 Å². The zero-order valence-electron chi connectivity index (χ0n) is 19.1. The lowest BCUT2D eigenvalue weighted by atomic mass is 10.1. The van der Waals surface area contributed by atoms with Crippen molar-refractivity contribution in [2.75, 3.05) is 13.2 Å². The van der Waals surface area contributed by atoms with Gasteiger partial charge in [-0.2, -0.15) is 4.98 Å². The van der Waals surface area contributed by atoms with Crippen LogP contribution in [-0.4, -0.2) is 46.4 Å². The Morgan fingerprint density at radius 3 is 2.34 bits per heavy atom. The third-order valence-electron chi connectivity index (χ3n) is 3.66. The Morgan fingerprint density at radius 1 is 1.12 bits per heavy atom. The maximum absolute atomic E-state index is 13.1. The van der Waals surface area contributed by atoms with Crippen molar-refractivity contribution in [3.63, 3.8) is 0 Å². The Balaban J connectivity index is 1.90. The van der Waals surface area contributed by atoms with Gasteiger partial charge in [0.15, 0.2) is 0 Å². The number of benzene rings is 1. The van der Waals surface area contributed by atoms with Gasteiger partial charge in [-0.3, -0.25) is 4.79 Å². The van der Waals surface area contributed by atoms with E-state index in [1.165, 1.54) is 0 Å². The molecule has 1 aromatic carbocycles.